The van der Waals surface area contributed by atoms with Crippen molar-refractivity contribution in [3.63, 3.8) is 0 Å². The largest absolute Gasteiger partial charge is 0.491 e. The van der Waals surface area contributed by atoms with Crippen molar-refractivity contribution in [2.24, 2.45) is 0 Å². The SMILES string of the molecule is Cc1ccc(NC(=O)c2cncc(Nc3ccc(OC(C)C)cc3)c2)cc1Cl. The fourth-order valence-corrected chi connectivity index (χ4v) is 2.74. The number of anilines is 3. The highest BCUT2D eigenvalue weighted by molar-refractivity contribution is 6.31. The number of amides is 1. The zero-order valence-corrected chi connectivity index (χ0v) is 16.7. The van der Waals surface area contributed by atoms with Gasteiger partial charge in [-0.3, -0.25) is 9.78 Å². The fourth-order valence-electron chi connectivity index (χ4n) is 2.56. The minimum Gasteiger partial charge on any atom is -0.491 e. The lowest BCUT2D eigenvalue weighted by Gasteiger charge is -2.12. The number of carbonyl (C=O) groups excluding carboxylic acids is 1. The van der Waals surface area contributed by atoms with Gasteiger partial charge >= 0.3 is 0 Å². The molecule has 0 bridgehead atoms. The summed E-state index contributed by atoms with van der Waals surface area (Å²) < 4.78 is 5.64. The molecule has 0 aliphatic heterocycles. The molecule has 0 saturated heterocycles. The molecule has 0 radical (unpaired) electrons. The molecule has 28 heavy (non-hydrogen) atoms. The van der Waals surface area contributed by atoms with Crippen LogP contribution in [0.3, 0.4) is 0 Å². The average Bonchev–Trinajstić information content (AvgIpc) is 2.66. The molecule has 6 heteroatoms. The van der Waals surface area contributed by atoms with Crippen molar-refractivity contribution in [2.45, 2.75) is 26.9 Å². The maximum atomic E-state index is 12.5. The summed E-state index contributed by atoms with van der Waals surface area (Å²) in [5.74, 6) is 0.556. The normalized spacial score (nSPS) is 10.6. The van der Waals surface area contributed by atoms with Crippen molar-refractivity contribution in [3.8, 4) is 5.75 Å². The zero-order valence-electron chi connectivity index (χ0n) is 16.0. The second kappa shape index (κ2) is 8.76. The predicted octanol–water partition coefficient (Wildman–Crippen LogP) is 5.83. The highest BCUT2D eigenvalue weighted by atomic mass is 35.5. The first-order valence-corrected chi connectivity index (χ1v) is 9.35. The molecule has 0 fully saturated rings. The second-order valence-corrected chi connectivity index (χ2v) is 7.10. The number of benzene rings is 2. The van der Waals surface area contributed by atoms with Gasteiger partial charge in [0.15, 0.2) is 0 Å². The van der Waals surface area contributed by atoms with Crippen LogP contribution in [0.4, 0.5) is 17.1 Å². The Hall–Kier alpha value is -3.05. The van der Waals surface area contributed by atoms with Crippen LogP contribution in [0, 0.1) is 6.92 Å². The number of hydrogen-bond acceptors (Lipinski definition) is 4. The first kappa shape index (κ1) is 19.7. The fraction of sp³-hybridized carbons (Fsp3) is 0.182. The molecule has 1 aromatic heterocycles. The average molecular weight is 396 g/mol. The van der Waals surface area contributed by atoms with Crippen LogP contribution in [-0.4, -0.2) is 17.0 Å². The van der Waals surface area contributed by atoms with Crippen molar-refractivity contribution in [2.75, 3.05) is 10.6 Å². The van der Waals surface area contributed by atoms with Crippen LogP contribution in [0.1, 0.15) is 29.8 Å². The minimum absolute atomic E-state index is 0.126. The Morgan fingerprint density at radius 1 is 1.00 bits per heavy atom. The van der Waals surface area contributed by atoms with E-state index in [1.54, 1.807) is 18.3 Å². The molecule has 0 unspecified atom stereocenters. The summed E-state index contributed by atoms with van der Waals surface area (Å²) in [6.07, 6.45) is 3.31. The van der Waals surface area contributed by atoms with E-state index in [4.69, 9.17) is 16.3 Å². The van der Waals surface area contributed by atoms with E-state index in [9.17, 15) is 4.79 Å². The lowest BCUT2D eigenvalue weighted by Crippen LogP contribution is -2.12. The van der Waals surface area contributed by atoms with Crippen LogP contribution in [0.2, 0.25) is 5.02 Å². The lowest BCUT2D eigenvalue weighted by molar-refractivity contribution is 0.102. The number of nitrogens with zero attached hydrogens (tertiary/aromatic N) is 1. The number of rotatable bonds is 6. The van der Waals surface area contributed by atoms with Gasteiger partial charge in [0.25, 0.3) is 5.91 Å². The number of halogens is 1. The third-order valence-corrected chi connectivity index (χ3v) is 4.35. The molecule has 2 aromatic carbocycles. The number of pyridine rings is 1. The van der Waals surface area contributed by atoms with Gasteiger partial charge in [0, 0.05) is 22.6 Å². The molecule has 144 valence electrons. The van der Waals surface area contributed by atoms with Gasteiger partial charge in [-0.15, -0.1) is 0 Å². The Morgan fingerprint density at radius 2 is 1.71 bits per heavy atom. The molecule has 0 aliphatic rings. The third-order valence-electron chi connectivity index (χ3n) is 3.94. The third kappa shape index (κ3) is 5.24. The summed E-state index contributed by atoms with van der Waals surface area (Å²) >= 11 is 6.12. The van der Waals surface area contributed by atoms with E-state index in [2.05, 4.69) is 15.6 Å². The molecule has 1 heterocycles. The van der Waals surface area contributed by atoms with Gasteiger partial charge in [0.2, 0.25) is 0 Å². The summed E-state index contributed by atoms with van der Waals surface area (Å²) in [6, 6.07) is 14.8. The van der Waals surface area contributed by atoms with Gasteiger partial charge in [0.05, 0.1) is 23.6 Å². The van der Waals surface area contributed by atoms with E-state index in [1.165, 1.54) is 6.20 Å². The van der Waals surface area contributed by atoms with E-state index in [1.807, 2.05) is 57.2 Å². The summed E-state index contributed by atoms with van der Waals surface area (Å²) in [5.41, 5.74) is 3.63. The Bertz CT molecular complexity index is 972. The number of carbonyl (C=O) groups is 1. The zero-order chi connectivity index (χ0) is 20.1. The summed E-state index contributed by atoms with van der Waals surface area (Å²) in [7, 11) is 0. The molecule has 0 atom stereocenters. The molecule has 1 amide bonds. The standard InChI is InChI=1S/C22H22ClN3O2/c1-14(2)28-20-8-6-17(7-9-20)25-19-10-16(12-24-13-19)22(27)26-18-5-4-15(3)21(23)11-18/h4-14,25H,1-3H3,(H,26,27). The van der Waals surface area contributed by atoms with Crippen LogP contribution in [0.25, 0.3) is 0 Å². The number of nitrogens with one attached hydrogen (secondary N) is 2. The number of aryl methyl sites for hydroxylation is 1. The second-order valence-electron chi connectivity index (χ2n) is 6.70. The predicted molar refractivity (Wildman–Crippen MR) is 114 cm³/mol. The van der Waals surface area contributed by atoms with E-state index in [-0.39, 0.29) is 12.0 Å². The quantitative estimate of drug-likeness (QED) is 0.551. The summed E-state index contributed by atoms with van der Waals surface area (Å²) in [5, 5.41) is 6.68. The van der Waals surface area contributed by atoms with Crippen LogP contribution in [0.5, 0.6) is 5.75 Å². The smallest absolute Gasteiger partial charge is 0.257 e. The number of aromatic nitrogens is 1. The van der Waals surface area contributed by atoms with Crippen LogP contribution in [-0.2, 0) is 0 Å². The topological polar surface area (TPSA) is 63.2 Å². The van der Waals surface area contributed by atoms with E-state index < -0.39 is 0 Å². The highest BCUT2D eigenvalue weighted by Crippen LogP contribution is 2.23. The molecule has 0 spiro atoms. The first-order valence-electron chi connectivity index (χ1n) is 8.97. The molecular formula is C22H22ClN3O2. The molecule has 2 N–H and O–H groups in total. The van der Waals surface area contributed by atoms with E-state index >= 15 is 0 Å². The Morgan fingerprint density at radius 3 is 2.39 bits per heavy atom. The van der Waals surface area contributed by atoms with Crippen molar-refractivity contribution in [1.82, 2.24) is 4.98 Å². The van der Waals surface area contributed by atoms with Crippen molar-refractivity contribution < 1.29 is 9.53 Å². The molecule has 3 aromatic rings. The molecule has 3 rings (SSSR count). The number of hydrogen-bond donors (Lipinski definition) is 2. The van der Waals surface area contributed by atoms with E-state index in [0.29, 0.717) is 22.0 Å². The van der Waals surface area contributed by atoms with Gasteiger partial charge in [-0.1, -0.05) is 17.7 Å². The molecule has 5 nitrogen and oxygen atoms in total. The Labute approximate surface area is 169 Å². The van der Waals surface area contributed by atoms with E-state index in [0.717, 1.165) is 17.0 Å². The molecular weight excluding hydrogens is 374 g/mol. The van der Waals surface area contributed by atoms with Crippen LogP contribution in [0.15, 0.2) is 60.9 Å². The van der Waals surface area contributed by atoms with Gasteiger partial charge < -0.3 is 15.4 Å². The van der Waals surface area contributed by atoms with Gasteiger partial charge in [-0.05, 0) is 68.8 Å². The maximum absolute atomic E-state index is 12.5. The van der Waals surface area contributed by atoms with Crippen LogP contribution >= 0.6 is 11.6 Å². The van der Waals surface area contributed by atoms with Crippen molar-refractivity contribution in [3.05, 3.63) is 77.1 Å². The lowest BCUT2D eigenvalue weighted by atomic mass is 10.2. The summed E-state index contributed by atoms with van der Waals surface area (Å²) in [4.78, 5) is 16.7. The maximum Gasteiger partial charge on any atom is 0.257 e. The van der Waals surface area contributed by atoms with Crippen molar-refractivity contribution >= 4 is 34.6 Å². The van der Waals surface area contributed by atoms with Crippen LogP contribution < -0.4 is 15.4 Å². The minimum atomic E-state index is -0.253. The Kier molecular flexibility index (Phi) is 6.16. The Balaban J connectivity index is 1.69. The summed E-state index contributed by atoms with van der Waals surface area (Å²) in [6.45, 7) is 5.88. The highest BCUT2D eigenvalue weighted by Gasteiger charge is 2.09. The van der Waals surface area contributed by atoms with Gasteiger partial charge in [-0.25, -0.2) is 0 Å². The number of ether oxygens (including phenoxy) is 1. The first-order chi connectivity index (χ1) is 13.4. The monoisotopic (exact) mass is 395 g/mol. The molecule has 0 aliphatic carbocycles. The van der Waals surface area contributed by atoms with Gasteiger partial charge in [0.1, 0.15) is 5.75 Å². The van der Waals surface area contributed by atoms with Crippen molar-refractivity contribution in [1.29, 1.82) is 0 Å². The van der Waals surface area contributed by atoms with Gasteiger partial charge in [-0.2, -0.15) is 0 Å². The molecule has 0 saturated carbocycles.